The minimum Gasteiger partial charge on any atom is -0.323 e. The molecule has 1 fully saturated rings. The molecule has 0 bridgehead atoms. The van der Waals surface area contributed by atoms with E-state index in [1.54, 1.807) is 0 Å². The van der Waals surface area contributed by atoms with Gasteiger partial charge in [0.25, 0.3) is 0 Å². The lowest BCUT2D eigenvalue weighted by Gasteiger charge is -2.21. The molecule has 0 aromatic heterocycles. The van der Waals surface area contributed by atoms with E-state index >= 15 is 0 Å². The number of carbonyl (C=O) groups is 1. The molecular weight excluding hydrogens is 178 g/mol. The van der Waals surface area contributed by atoms with E-state index in [-0.39, 0.29) is 6.03 Å². The van der Waals surface area contributed by atoms with Crippen LogP contribution in [0.3, 0.4) is 0 Å². The SMILES string of the molecule is CNCCCN1CCN(C(C)C)C1=O. The summed E-state index contributed by atoms with van der Waals surface area (Å²) in [7, 11) is 1.94. The number of hydrogen-bond donors (Lipinski definition) is 1. The van der Waals surface area contributed by atoms with Crippen LogP contribution >= 0.6 is 0 Å². The molecule has 1 saturated heterocycles. The summed E-state index contributed by atoms with van der Waals surface area (Å²) in [5.41, 5.74) is 0. The maximum absolute atomic E-state index is 11.8. The summed E-state index contributed by atoms with van der Waals surface area (Å²) >= 11 is 0. The standard InChI is InChI=1S/C10H21N3O/c1-9(2)13-8-7-12(10(13)14)6-4-5-11-3/h9,11H,4-8H2,1-3H3. The van der Waals surface area contributed by atoms with Crippen molar-refractivity contribution in [3.05, 3.63) is 0 Å². The zero-order valence-electron chi connectivity index (χ0n) is 9.42. The van der Waals surface area contributed by atoms with Crippen LogP contribution < -0.4 is 5.32 Å². The first kappa shape index (κ1) is 11.3. The molecule has 0 radical (unpaired) electrons. The van der Waals surface area contributed by atoms with Crippen molar-refractivity contribution in [3.8, 4) is 0 Å². The monoisotopic (exact) mass is 199 g/mol. The molecule has 1 rings (SSSR count). The van der Waals surface area contributed by atoms with Gasteiger partial charge in [0.1, 0.15) is 0 Å². The molecule has 1 aliphatic rings. The van der Waals surface area contributed by atoms with Crippen molar-refractivity contribution in [3.63, 3.8) is 0 Å². The Morgan fingerprint density at radius 2 is 2.14 bits per heavy atom. The van der Waals surface area contributed by atoms with Crippen LogP contribution in [0.5, 0.6) is 0 Å². The van der Waals surface area contributed by atoms with Crippen LogP contribution in [0.15, 0.2) is 0 Å². The predicted octanol–water partition coefficient (Wildman–Crippen LogP) is 0.742. The molecule has 0 spiro atoms. The van der Waals surface area contributed by atoms with Gasteiger partial charge in [-0.2, -0.15) is 0 Å². The Hall–Kier alpha value is -0.770. The molecule has 1 aliphatic heterocycles. The molecule has 2 amide bonds. The Morgan fingerprint density at radius 1 is 1.43 bits per heavy atom. The molecule has 0 aromatic carbocycles. The third-order valence-corrected chi connectivity index (χ3v) is 2.61. The normalized spacial score (nSPS) is 17.3. The largest absolute Gasteiger partial charge is 0.323 e. The summed E-state index contributed by atoms with van der Waals surface area (Å²) in [5.74, 6) is 0. The van der Waals surface area contributed by atoms with Gasteiger partial charge in [0.15, 0.2) is 0 Å². The summed E-state index contributed by atoms with van der Waals surface area (Å²) in [6.45, 7) is 7.76. The fraction of sp³-hybridized carbons (Fsp3) is 0.900. The van der Waals surface area contributed by atoms with E-state index in [2.05, 4.69) is 19.2 Å². The van der Waals surface area contributed by atoms with Gasteiger partial charge in [-0.25, -0.2) is 4.79 Å². The van der Waals surface area contributed by atoms with Crippen molar-refractivity contribution in [2.24, 2.45) is 0 Å². The Kier molecular flexibility index (Phi) is 4.20. The molecule has 0 aromatic rings. The van der Waals surface area contributed by atoms with E-state index < -0.39 is 0 Å². The van der Waals surface area contributed by atoms with Crippen molar-refractivity contribution >= 4 is 6.03 Å². The smallest absolute Gasteiger partial charge is 0.320 e. The highest BCUT2D eigenvalue weighted by Crippen LogP contribution is 2.11. The number of carbonyl (C=O) groups excluding carboxylic acids is 1. The van der Waals surface area contributed by atoms with Crippen LogP contribution in [0.4, 0.5) is 4.79 Å². The third kappa shape index (κ3) is 2.61. The van der Waals surface area contributed by atoms with Crippen molar-refractivity contribution in [2.45, 2.75) is 26.3 Å². The fourth-order valence-corrected chi connectivity index (χ4v) is 1.73. The maximum atomic E-state index is 11.8. The van der Waals surface area contributed by atoms with Crippen LogP contribution in [0.1, 0.15) is 20.3 Å². The third-order valence-electron chi connectivity index (χ3n) is 2.61. The van der Waals surface area contributed by atoms with E-state index in [1.807, 2.05) is 16.8 Å². The number of hydrogen-bond acceptors (Lipinski definition) is 2. The Balaban J connectivity index is 2.32. The van der Waals surface area contributed by atoms with E-state index in [0.717, 1.165) is 32.6 Å². The van der Waals surface area contributed by atoms with Crippen molar-refractivity contribution < 1.29 is 4.79 Å². The van der Waals surface area contributed by atoms with Crippen LogP contribution in [0.25, 0.3) is 0 Å². The molecule has 0 unspecified atom stereocenters. The summed E-state index contributed by atoms with van der Waals surface area (Å²) in [5, 5.41) is 3.09. The van der Waals surface area contributed by atoms with E-state index in [0.29, 0.717) is 6.04 Å². The van der Waals surface area contributed by atoms with Gasteiger partial charge in [-0.15, -0.1) is 0 Å². The highest BCUT2D eigenvalue weighted by atomic mass is 16.2. The summed E-state index contributed by atoms with van der Waals surface area (Å²) < 4.78 is 0. The van der Waals surface area contributed by atoms with Gasteiger partial charge in [-0.1, -0.05) is 0 Å². The van der Waals surface area contributed by atoms with E-state index in [4.69, 9.17) is 0 Å². The second-order valence-corrected chi connectivity index (χ2v) is 4.01. The molecular formula is C10H21N3O. The van der Waals surface area contributed by atoms with E-state index in [1.165, 1.54) is 0 Å². The van der Waals surface area contributed by atoms with Crippen LogP contribution in [0.2, 0.25) is 0 Å². The number of amides is 2. The number of nitrogens with one attached hydrogen (secondary N) is 1. The number of rotatable bonds is 5. The second kappa shape index (κ2) is 5.20. The average Bonchev–Trinajstić information content (AvgIpc) is 2.48. The maximum Gasteiger partial charge on any atom is 0.320 e. The predicted molar refractivity (Wildman–Crippen MR) is 57.4 cm³/mol. The molecule has 82 valence electrons. The Bertz CT molecular complexity index is 194. The highest BCUT2D eigenvalue weighted by Gasteiger charge is 2.29. The van der Waals surface area contributed by atoms with Gasteiger partial charge < -0.3 is 15.1 Å². The molecule has 4 nitrogen and oxygen atoms in total. The van der Waals surface area contributed by atoms with Crippen molar-refractivity contribution in [1.29, 1.82) is 0 Å². The zero-order valence-corrected chi connectivity index (χ0v) is 9.42. The minimum atomic E-state index is 0.205. The minimum absolute atomic E-state index is 0.205. The van der Waals surface area contributed by atoms with Gasteiger partial charge in [0.05, 0.1) is 0 Å². The van der Waals surface area contributed by atoms with Crippen molar-refractivity contribution in [1.82, 2.24) is 15.1 Å². The lowest BCUT2D eigenvalue weighted by atomic mass is 10.3. The van der Waals surface area contributed by atoms with Gasteiger partial charge in [-0.3, -0.25) is 0 Å². The highest BCUT2D eigenvalue weighted by molar-refractivity contribution is 5.76. The Labute approximate surface area is 86.2 Å². The zero-order chi connectivity index (χ0) is 10.6. The molecule has 14 heavy (non-hydrogen) atoms. The Morgan fingerprint density at radius 3 is 2.64 bits per heavy atom. The van der Waals surface area contributed by atoms with Gasteiger partial charge in [0, 0.05) is 25.7 Å². The van der Waals surface area contributed by atoms with Gasteiger partial charge in [-0.05, 0) is 33.9 Å². The topological polar surface area (TPSA) is 35.6 Å². The van der Waals surface area contributed by atoms with Crippen LogP contribution in [-0.2, 0) is 0 Å². The van der Waals surface area contributed by atoms with Crippen molar-refractivity contribution in [2.75, 3.05) is 33.2 Å². The average molecular weight is 199 g/mol. The molecule has 0 atom stereocenters. The number of nitrogens with zero attached hydrogens (tertiary/aromatic N) is 2. The second-order valence-electron chi connectivity index (χ2n) is 4.01. The van der Waals surface area contributed by atoms with Gasteiger partial charge >= 0.3 is 6.03 Å². The summed E-state index contributed by atoms with van der Waals surface area (Å²) in [6, 6.07) is 0.535. The fourth-order valence-electron chi connectivity index (χ4n) is 1.73. The first-order chi connectivity index (χ1) is 6.66. The lowest BCUT2D eigenvalue weighted by molar-refractivity contribution is 0.182. The quantitative estimate of drug-likeness (QED) is 0.663. The lowest BCUT2D eigenvalue weighted by Crippen LogP contribution is -2.37. The molecule has 1 heterocycles. The van der Waals surface area contributed by atoms with Gasteiger partial charge in [0.2, 0.25) is 0 Å². The summed E-state index contributed by atoms with van der Waals surface area (Å²) in [4.78, 5) is 15.6. The molecule has 0 aliphatic carbocycles. The number of urea groups is 1. The molecule has 1 N–H and O–H groups in total. The van der Waals surface area contributed by atoms with E-state index in [9.17, 15) is 4.79 Å². The molecule has 4 heteroatoms. The van der Waals surface area contributed by atoms with Crippen LogP contribution in [0, 0.1) is 0 Å². The summed E-state index contributed by atoms with van der Waals surface area (Å²) in [6.07, 6.45) is 1.04. The first-order valence-corrected chi connectivity index (χ1v) is 5.37. The first-order valence-electron chi connectivity index (χ1n) is 5.37. The molecule has 0 saturated carbocycles. The van der Waals surface area contributed by atoms with Crippen LogP contribution in [-0.4, -0.2) is 55.1 Å².